The van der Waals surface area contributed by atoms with Crippen molar-refractivity contribution in [2.75, 3.05) is 0 Å². The molecule has 66 valence electrons. The molecule has 0 amide bonds. The Kier molecular flexibility index (Phi) is 6.17. The van der Waals surface area contributed by atoms with Gasteiger partial charge in [-0.1, -0.05) is 58.0 Å². The van der Waals surface area contributed by atoms with Crippen molar-refractivity contribution in [3.63, 3.8) is 0 Å². The molecule has 0 aliphatic carbocycles. The summed E-state index contributed by atoms with van der Waals surface area (Å²) in [4.78, 5) is 0.220. The third-order valence-electron chi connectivity index (χ3n) is 1.17. The van der Waals surface area contributed by atoms with Crippen molar-refractivity contribution in [2.45, 2.75) is 4.90 Å². The van der Waals surface area contributed by atoms with Crippen molar-refractivity contribution in [3.8, 4) is 0 Å². The summed E-state index contributed by atoms with van der Waals surface area (Å²) in [6.45, 7) is 0. The summed E-state index contributed by atoms with van der Waals surface area (Å²) in [6.07, 6.45) is 0. The summed E-state index contributed by atoms with van der Waals surface area (Å²) < 4.78 is 0. The maximum absolute atomic E-state index is 5.70. The number of hydrogen-bond acceptors (Lipinski definition) is 1. The molecule has 0 atom stereocenters. The monoisotopic (exact) mass is 286 g/mol. The van der Waals surface area contributed by atoms with Crippen molar-refractivity contribution >= 4 is 70.6 Å². The van der Waals surface area contributed by atoms with Gasteiger partial charge in [0.2, 0.25) is 0 Å². The van der Waals surface area contributed by atoms with Crippen LogP contribution in [-0.2, 0) is 12.6 Å². The largest absolute Gasteiger partial charge is 1.00 e. The van der Waals surface area contributed by atoms with Crippen molar-refractivity contribution in [3.05, 3.63) is 25.1 Å². The normalized spacial score (nSPS) is 9.62. The summed E-state index contributed by atoms with van der Waals surface area (Å²) in [5.74, 6) is 0. The van der Waals surface area contributed by atoms with Gasteiger partial charge in [0, 0.05) is 10.0 Å². The molecule has 13 heavy (non-hydrogen) atoms. The molecule has 0 radical (unpaired) electrons. The molecule has 0 aromatic heterocycles. The topological polar surface area (TPSA) is 0 Å². The zero-order valence-electron chi connectivity index (χ0n) is 6.30. The van der Waals surface area contributed by atoms with E-state index in [1.54, 1.807) is 0 Å². The average molecular weight is 288 g/mol. The van der Waals surface area contributed by atoms with Gasteiger partial charge in [0.15, 0.2) is 0 Å². The van der Waals surface area contributed by atoms with Crippen molar-refractivity contribution in [1.29, 1.82) is 0 Å². The molecule has 0 saturated heterocycles. The van der Waals surface area contributed by atoms with Crippen LogP contribution in [0.2, 0.25) is 25.1 Å². The van der Waals surface area contributed by atoms with Crippen molar-refractivity contribution < 1.29 is 18.9 Å². The van der Waals surface area contributed by atoms with E-state index in [0.717, 1.165) is 0 Å². The van der Waals surface area contributed by atoms with Gasteiger partial charge in [-0.3, -0.25) is 0 Å². The standard InChI is InChI=1S/C6HCl5S.Li/c7-1-2(8)4(10)6(12)5(11)3(1)9;/h12H;/q;+1/p-1. The van der Waals surface area contributed by atoms with Crippen molar-refractivity contribution in [2.24, 2.45) is 0 Å². The van der Waals surface area contributed by atoms with Crippen LogP contribution in [0.4, 0.5) is 0 Å². The zero-order chi connectivity index (χ0) is 9.46. The quantitative estimate of drug-likeness (QED) is 0.304. The van der Waals surface area contributed by atoms with Gasteiger partial charge in [-0.2, -0.15) is 0 Å². The van der Waals surface area contributed by atoms with Crippen LogP contribution in [0.25, 0.3) is 0 Å². The summed E-state index contributed by atoms with van der Waals surface area (Å²) in [5, 5.41) is 0.717. The number of halogens is 5. The Balaban J connectivity index is 0.00000144. The van der Waals surface area contributed by atoms with E-state index >= 15 is 0 Å². The molecule has 0 bridgehead atoms. The fourth-order valence-corrected chi connectivity index (χ4v) is 2.04. The second kappa shape index (κ2) is 5.54. The Morgan fingerprint density at radius 1 is 0.615 bits per heavy atom. The van der Waals surface area contributed by atoms with E-state index in [1.807, 2.05) is 0 Å². The van der Waals surface area contributed by atoms with Crippen LogP contribution in [0, 0.1) is 0 Å². The molecule has 0 aliphatic heterocycles. The molecule has 0 unspecified atom stereocenters. The van der Waals surface area contributed by atoms with Crippen LogP contribution in [0.15, 0.2) is 4.90 Å². The minimum absolute atomic E-state index is 0. The molecule has 1 aromatic rings. The smallest absolute Gasteiger partial charge is 0.777 e. The molecule has 7 heteroatoms. The molecule has 1 aromatic carbocycles. The first kappa shape index (κ1) is 14.5. The van der Waals surface area contributed by atoms with Crippen LogP contribution in [0.5, 0.6) is 0 Å². The third kappa shape index (κ3) is 2.74. The van der Waals surface area contributed by atoms with Crippen LogP contribution in [0.1, 0.15) is 0 Å². The fourth-order valence-electron chi connectivity index (χ4n) is 0.585. The summed E-state index contributed by atoms with van der Waals surface area (Å²) in [5.41, 5.74) is 0. The summed E-state index contributed by atoms with van der Waals surface area (Å²) in [7, 11) is 0. The second-order valence-electron chi connectivity index (χ2n) is 1.90. The Morgan fingerprint density at radius 2 is 0.846 bits per heavy atom. The van der Waals surface area contributed by atoms with Crippen LogP contribution < -0.4 is 18.9 Å². The van der Waals surface area contributed by atoms with E-state index < -0.39 is 0 Å². The number of rotatable bonds is 0. The van der Waals surface area contributed by atoms with Crippen LogP contribution in [0.3, 0.4) is 0 Å². The first-order valence-corrected chi connectivity index (χ1v) is 4.95. The van der Waals surface area contributed by atoms with E-state index in [-0.39, 0.29) is 48.9 Å². The number of benzene rings is 1. The first-order valence-electron chi connectivity index (χ1n) is 2.65. The Hall–Kier alpha value is 1.49. The molecule has 0 aliphatic rings. The molecule has 0 saturated carbocycles. The SMILES string of the molecule is [Li+].[S-]c1c(Cl)c(Cl)c(Cl)c(Cl)c1Cl. The molecule has 0 nitrogen and oxygen atoms in total. The van der Waals surface area contributed by atoms with Gasteiger partial charge in [-0.05, 0) is 0 Å². The minimum atomic E-state index is 0. The molecule has 0 fully saturated rings. The van der Waals surface area contributed by atoms with Crippen molar-refractivity contribution in [1.82, 2.24) is 0 Å². The van der Waals surface area contributed by atoms with Crippen LogP contribution >= 0.6 is 58.0 Å². The predicted molar refractivity (Wildman–Crippen MR) is 57.1 cm³/mol. The average Bonchev–Trinajstić information content (AvgIpc) is 2.08. The third-order valence-corrected chi connectivity index (χ3v) is 4.08. The maximum Gasteiger partial charge on any atom is 1.00 e. The molecule has 1 rings (SSSR count). The zero-order valence-corrected chi connectivity index (χ0v) is 10.9. The van der Waals surface area contributed by atoms with Gasteiger partial charge < -0.3 is 12.6 Å². The van der Waals surface area contributed by atoms with E-state index in [1.165, 1.54) is 0 Å². The number of hydrogen-bond donors (Lipinski definition) is 0. The van der Waals surface area contributed by atoms with Gasteiger partial charge in [-0.15, -0.1) is 4.90 Å². The van der Waals surface area contributed by atoms with Crippen LogP contribution in [-0.4, -0.2) is 0 Å². The van der Waals surface area contributed by atoms with E-state index in [0.29, 0.717) is 0 Å². The van der Waals surface area contributed by atoms with E-state index in [9.17, 15) is 0 Å². The van der Waals surface area contributed by atoms with E-state index in [2.05, 4.69) is 0 Å². The van der Waals surface area contributed by atoms with Gasteiger partial charge in [-0.25, -0.2) is 0 Å². The first-order chi connectivity index (χ1) is 5.46. The second-order valence-corrected chi connectivity index (χ2v) is 4.20. The minimum Gasteiger partial charge on any atom is -0.777 e. The van der Waals surface area contributed by atoms with E-state index in [4.69, 9.17) is 70.6 Å². The van der Waals surface area contributed by atoms with Gasteiger partial charge >= 0.3 is 18.9 Å². The predicted octanol–water partition coefficient (Wildman–Crippen LogP) is 1.86. The molecular weight excluding hydrogens is 288 g/mol. The van der Waals surface area contributed by atoms with Gasteiger partial charge in [0.25, 0.3) is 0 Å². The Bertz CT molecular complexity index is 235. The summed E-state index contributed by atoms with van der Waals surface area (Å²) >= 11 is 33.3. The van der Waals surface area contributed by atoms with Gasteiger partial charge in [0.1, 0.15) is 0 Å². The van der Waals surface area contributed by atoms with Gasteiger partial charge in [0.05, 0.1) is 15.1 Å². The molecule has 0 N–H and O–H groups in total. The maximum atomic E-state index is 5.70. The molecule has 0 heterocycles. The Morgan fingerprint density at radius 3 is 1.15 bits per heavy atom. The Labute approximate surface area is 118 Å². The molecular formula is C6Cl5LiS. The fraction of sp³-hybridized carbons (Fsp3) is 0. The summed E-state index contributed by atoms with van der Waals surface area (Å²) in [6, 6.07) is 0. The molecule has 0 spiro atoms.